The molecule has 1 fully saturated rings. The van der Waals surface area contributed by atoms with Crippen molar-refractivity contribution in [2.75, 3.05) is 26.2 Å². The molecule has 0 aromatic carbocycles. The standard InChI is InChI=1S/C10H18N2/c1-3-10-4-5-12(8-10)7-9(2)6-11/h1,9-10H,4-8,11H2,2H3/t9-,10-/m1/s1. The minimum absolute atomic E-state index is 0.481. The van der Waals surface area contributed by atoms with E-state index >= 15 is 0 Å². The third kappa shape index (κ3) is 2.51. The summed E-state index contributed by atoms with van der Waals surface area (Å²) in [5, 5.41) is 0. The van der Waals surface area contributed by atoms with Crippen molar-refractivity contribution >= 4 is 0 Å². The van der Waals surface area contributed by atoms with E-state index in [0.29, 0.717) is 11.8 Å². The maximum atomic E-state index is 5.55. The highest BCUT2D eigenvalue weighted by Gasteiger charge is 2.21. The second-order valence-corrected chi connectivity index (χ2v) is 3.75. The van der Waals surface area contributed by atoms with E-state index in [0.717, 1.165) is 32.6 Å². The zero-order valence-electron chi connectivity index (χ0n) is 7.79. The monoisotopic (exact) mass is 166 g/mol. The van der Waals surface area contributed by atoms with Gasteiger partial charge in [0.1, 0.15) is 0 Å². The van der Waals surface area contributed by atoms with E-state index < -0.39 is 0 Å². The van der Waals surface area contributed by atoms with Gasteiger partial charge in [-0.2, -0.15) is 0 Å². The summed E-state index contributed by atoms with van der Waals surface area (Å²) in [5.74, 6) is 3.89. The predicted molar refractivity (Wildman–Crippen MR) is 51.6 cm³/mol. The van der Waals surface area contributed by atoms with Gasteiger partial charge in [-0.3, -0.25) is 0 Å². The Bertz CT molecular complexity index is 171. The van der Waals surface area contributed by atoms with Crippen molar-refractivity contribution in [3.8, 4) is 12.3 Å². The third-order valence-electron chi connectivity index (χ3n) is 2.48. The number of hydrogen-bond donors (Lipinski definition) is 1. The first-order chi connectivity index (χ1) is 5.76. The smallest absolute Gasteiger partial charge is 0.0339 e. The van der Waals surface area contributed by atoms with Crippen LogP contribution in [-0.4, -0.2) is 31.1 Å². The molecule has 1 aliphatic heterocycles. The van der Waals surface area contributed by atoms with E-state index in [2.05, 4.69) is 17.7 Å². The molecular weight excluding hydrogens is 148 g/mol. The molecule has 0 spiro atoms. The lowest BCUT2D eigenvalue weighted by atomic mass is 10.1. The van der Waals surface area contributed by atoms with Crippen molar-refractivity contribution in [3.63, 3.8) is 0 Å². The van der Waals surface area contributed by atoms with Gasteiger partial charge in [0.15, 0.2) is 0 Å². The van der Waals surface area contributed by atoms with E-state index in [1.165, 1.54) is 0 Å². The average Bonchev–Trinajstić information content (AvgIpc) is 2.52. The molecule has 1 aliphatic rings. The molecule has 0 bridgehead atoms. The highest BCUT2D eigenvalue weighted by atomic mass is 15.1. The largest absolute Gasteiger partial charge is 0.330 e. The summed E-state index contributed by atoms with van der Waals surface area (Å²) in [5.41, 5.74) is 5.55. The molecule has 2 N–H and O–H groups in total. The molecule has 68 valence electrons. The molecule has 0 amide bonds. The van der Waals surface area contributed by atoms with Gasteiger partial charge < -0.3 is 10.6 Å². The van der Waals surface area contributed by atoms with Gasteiger partial charge in [-0.25, -0.2) is 0 Å². The Hall–Kier alpha value is -0.520. The maximum Gasteiger partial charge on any atom is 0.0339 e. The van der Waals surface area contributed by atoms with E-state index in [4.69, 9.17) is 12.2 Å². The van der Waals surface area contributed by atoms with Crippen LogP contribution in [0.2, 0.25) is 0 Å². The Balaban J connectivity index is 2.24. The Kier molecular flexibility index (Phi) is 3.58. The minimum Gasteiger partial charge on any atom is -0.330 e. The van der Waals surface area contributed by atoms with E-state index in [1.54, 1.807) is 0 Å². The lowest BCUT2D eigenvalue weighted by Crippen LogP contribution is -2.29. The molecule has 0 unspecified atom stereocenters. The van der Waals surface area contributed by atoms with Gasteiger partial charge in [0.25, 0.3) is 0 Å². The van der Waals surface area contributed by atoms with Crippen LogP contribution in [0.25, 0.3) is 0 Å². The summed E-state index contributed by atoms with van der Waals surface area (Å²) in [7, 11) is 0. The van der Waals surface area contributed by atoms with Gasteiger partial charge >= 0.3 is 0 Å². The maximum absolute atomic E-state index is 5.55. The number of nitrogens with zero attached hydrogens (tertiary/aromatic N) is 1. The SMILES string of the molecule is C#C[C@@H]1CCN(C[C@H](C)CN)C1. The predicted octanol–water partition coefficient (Wildman–Crippen LogP) is 0.536. The summed E-state index contributed by atoms with van der Waals surface area (Å²) in [6.07, 6.45) is 6.52. The number of nitrogens with two attached hydrogens (primary N) is 1. The minimum atomic E-state index is 0.481. The molecule has 2 heteroatoms. The number of hydrogen-bond acceptors (Lipinski definition) is 2. The van der Waals surface area contributed by atoms with Gasteiger partial charge in [-0.05, 0) is 25.4 Å². The van der Waals surface area contributed by atoms with Crippen molar-refractivity contribution in [3.05, 3.63) is 0 Å². The normalized spacial score (nSPS) is 26.9. The Morgan fingerprint density at radius 2 is 2.50 bits per heavy atom. The van der Waals surface area contributed by atoms with Crippen molar-refractivity contribution in [1.82, 2.24) is 4.90 Å². The van der Waals surface area contributed by atoms with Crippen molar-refractivity contribution in [1.29, 1.82) is 0 Å². The van der Waals surface area contributed by atoms with E-state index in [-0.39, 0.29) is 0 Å². The molecule has 1 saturated heterocycles. The fraction of sp³-hybridized carbons (Fsp3) is 0.800. The van der Waals surface area contributed by atoms with Crippen LogP contribution >= 0.6 is 0 Å². The lowest BCUT2D eigenvalue weighted by molar-refractivity contribution is 0.287. The highest BCUT2D eigenvalue weighted by molar-refractivity contribution is 4.98. The molecule has 1 rings (SSSR count). The van der Waals surface area contributed by atoms with Crippen LogP contribution in [0.4, 0.5) is 0 Å². The molecule has 12 heavy (non-hydrogen) atoms. The average molecular weight is 166 g/mol. The fourth-order valence-corrected chi connectivity index (χ4v) is 1.65. The molecule has 0 aliphatic carbocycles. The van der Waals surface area contributed by atoms with E-state index in [1.807, 2.05) is 0 Å². The van der Waals surface area contributed by atoms with Crippen molar-refractivity contribution in [2.45, 2.75) is 13.3 Å². The van der Waals surface area contributed by atoms with Crippen LogP contribution in [0.15, 0.2) is 0 Å². The fourth-order valence-electron chi connectivity index (χ4n) is 1.65. The van der Waals surface area contributed by atoms with Crippen molar-refractivity contribution < 1.29 is 0 Å². The topological polar surface area (TPSA) is 29.3 Å². The van der Waals surface area contributed by atoms with Gasteiger partial charge in [0.05, 0.1) is 0 Å². The number of likely N-dealkylation sites (tertiary alicyclic amines) is 1. The molecule has 2 atom stereocenters. The molecule has 2 nitrogen and oxygen atoms in total. The van der Waals surface area contributed by atoms with Gasteiger partial charge in [-0.1, -0.05) is 6.92 Å². The molecule has 0 aromatic heterocycles. The summed E-state index contributed by atoms with van der Waals surface area (Å²) < 4.78 is 0. The summed E-state index contributed by atoms with van der Waals surface area (Å²) in [6, 6.07) is 0. The zero-order chi connectivity index (χ0) is 8.97. The second-order valence-electron chi connectivity index (χ2n) is 3.75. The first kappa shape index (κ1) is 9.57. The second kappa shape index (κ2) is 4.49. The number of terminal acetylenes is 1. The molecule has 1 heterocycles. The quantitative estimate of drug-likeness (QED) is 0.620. The molecule has 0 aromatic rings. The first-order valence-corrected chi connectivity index (χ1v) is 4.64. The van der Waals surface area contributed by atoms with Crippen LogP contribution in [0.1, 0.15) is 13.3 Å². The van der Waals surface area contributed by atoms with Crippen LogP contribution in [0.5, 0.6) is 0 Å². The van der Waals surface area contributed by atoms with Gasteiger partial charge in [0.2, 0.25) is 0 Å². The Morgan fingerprint density at radius 1 is 1.75 bits per heavy atom. The first-order valence-electron chi connectivity index (χ1n) is 4.64. The third-order valence-corrected chi connectivity index (χ3v) is 2.48. The highest BCUT2D eigenvalue weighted by Crippen LogP contribution is 2.15. The zero-order valence-corrected chi connectivity index (χ0v) is 7.79. The van der Waals surface area contributed by atoms with Crippen LogP contribution in [-0.2, 0) is 0 Å². The van der Waals surface area contributed by atoms with Gasteiger partial charge in [-0.15, -0.1) is 12.3 Å². The summed E-state index contributed by atoms with van der Waals surface area (Å²) in [4.78, 5) is 2.42. The van der Waals surface area contributed by atoms with Gasteiger partial charge in [0, 0.05) is 19.0 Å². The Morgan fingerprint density at radius 3 is 3.00 bits per heavy atom. The van der Waals surface area contributed by atoms with Crippen LogP contribution < -0.4 is 5.73 Å². The van der Waals surface area contributed by atoms with Crippen molar-refractivity contribution in [2.24, 2.45) is 17.6 Å². The molecule has 0 saturated carbocycles. The molecular formula is C10H18N2. The van der Waals surface area contributed by atoms with E-state index in [9.17, 15) is 0 Å². The lowest BCUT2D eigenvalue weighted by Gasteiger charge is -2.18. The molecule has 0 radical (unpaired) electrons. The Labute approximate surface area is 75.1 Å². The van der Waals surface area contributed by atoms with Crippen LogP contribution in [0, 0.1) is 24.2 Å². The summed E-state index contributed by atoms with van der Waals surface area (Å²) >= 11 is 0. The van der Waals surface area contributed by atoms with Crippen LogP contribution in [0.3, 0.4) is 0 Å². The summed E-state index contributed by atoms with van der Waals surface area (Å²) in [6.45, 7) is 6.29. The number of rotatable bonds is 3.